The summed E-state index contributed by atoms with van der Waals surface area (Å²) in [6.45, 7) is 6.63. The quantitative estimate of drug-likeness (QED) is 0.805. The lowest BCUT2D eigenvalue weighted by Gasteiger charge is -2.27. The summed E-state index contributed by atoms with van der Waals surface area (Å²) >= 11 is 0. The molecule has 3 rings (SSSR count). The maximum Gasteiger partial charge on any atom is 0.244 e. The number of nitrogens with one attached hydrogen (secondary N) is 2. The molecule has 25 heavy (non-hydrogen) atoms. The topological polar surface area (TPSA) is 78.5 Å². The van der Waals surface area contributed by atoms with Gasteiger partial charge in [-0.05, 0) is 29.9 Å². The molecule has 2 aliphatic heterocycles. The standard InChI is InChI=1S/C17H24FN3O3S/c1-11(2)16(17(22)21-9-12-7-19-8-13(12)10-21)20-25(23,24)15-6-4-3-5-14(15)18/h3-6,11-13,16,19-20H,7-10H2,1-2H3/t12-,13+,16?. The fourth-order valence-electron chi connectivity index (χ4n) is 3.60. The average molecular weight is 369 g/mol. The van der Waals surface area contributed by atoms with Gasteiger partial charge in [-0.25, -0.2) is 12.8 Å². The van der Waals surface area contributed by atoms with E-state index in [4.69, 9.17) is 0 Å². The van der Waals surface area contributed by atoms with Gasteiger partial charge in [-0.3, -0.25) is 4.79 Å². The Bertz CT molecular complexity index is 741. The Kier molecular flexibility index (Phi) is 5.13. The van der Waals surface area contributed by atoms with Crippen molar-refractivity contribution >= 4 is 15.9 Å². The van der Waals surface area contributed by atoms with E-state index in [1.165, 1.54) is 18.2 Å². The summed E-state index contributed by atoms with van der Waals surface area (Å²) < 4.78 is 41.4. The van der Waals surface area contributed by atoms with Crippen molar-refractivity contribution in [2.24, 2.45) is 17.8 Å². The molecule has 0 saturated carbocycles. The van der Waals surface area contributed by atoms with Crippen LogP contribution in [-0.2, 0) is 14.8 Å². The molecule has 0 aromatic heterocycles. The molecule has 2 N–H and O–H groups in total. The van der Waals surface area contributed by atoms with Crippen molar-refractivity contribution in [2.45, 2.75) is 24.8 Å². The molecule has 6 nitrogen and oxygen atoms in total. The molecule has 1 aromatic carbocycles. The minimum Gasteiger partial charge on any atom is -0.341 e. The average Bonchev–Trinajstić information content (AvgIpc) is 3.13. The minimum atomic E-state index is -4.11. The number of likely N-dealkylation sites (tertiary alicyclic amines) is 1. The van der Waals surface area contributed by atoms with E-state index < -0.39 is 26.8 Å². The van der Waals surface area contributed by atoms with Gasteiger partial charge in [0.1, 0.15) is 16.8 Å². The van der Waals surface area contributed by atoms with E-state index in [0.29, 0.717) is 24.9 Å². The molecule has 2 fully saturated rings. The Labute approximate surface area is 147 Å². The number of carbonyl (C=O) groups is 1. The number of halogens is 1. The lowest BCUT2D eigenvalue weighted by Crippen LogP contribution is -2.51. The highest BCUT2D eigenvalue weighted by Crippen LogP contribution is 2.27. The minimum absolute atomic E-state index is 0.232. The summed E-state index contributed by atoms with van der Waals surface area (Å²) in [4.78, 5) is 14.2. The molecule has 8 heteroatoms. The highest BCUT2D eigenvalue weighted by atomic mass is 32.2. The van der Waals surface area contributed by atoms with Crippen LogP contribution in [-0.4, -0.2) is 51.4 Å². The molecule has 3 atom stereocenters. The van der Waals surface area contributed by atoms with Gasteiger partial charge in [0.05, 0.1) is 0 Å². The summed E-state index contributed by atoms with van der Waals surface area (Å²) in [7, 11) is -4.11. The van der Waals surface area contributed by atoms with Crippen LogP contribution in [0.3, 0.4) is 0 Å². The number of amides is 1. The molecule has 1 aromatic rings. The van der Waals surface area contributed by atoms with Crippen LogP contribution < -0.4 is 10.0 Å². The predicted molar refractivity (Wildman–Crippen MR) is 91.8 cm³/mol. The van der Waals surface area contributed by atoms with Crippen LogP contribution in [0.1, 0.15) is 13.8 Å². The number of benzene rings is 1. The van der Waals surface area contributed by atoms with Crippen molar-refractivity contribution in [3.8, 4) is 0 Å². The van der Waals surface area contributed by atoms with E-state index in [2.05, 4.69) is 10.0 Å². The Morgan fingerprint density at radius 2 is 1.84 bits per heavy atom. The largest absolute Gasteiger partial charge is 0.341 e. The van der Waals surface area contributed by atoms with E-state index in [0.717, 1.165) is 19.2 Å². The van der Waals surface area contributed by atoms with Crippen LogP contribution in [0.15, 0.2) is 29.2 Å². The first-order valence-corrected chi connectivity index (χ1v) is 10.0. The molecule has 0 radical (unpaired) electrons. The zero-order chi connectivity index (χ0) is 18.2. The fraction of sp³-hybridized carbons (Fsp3) is 0.588. The fourth-order valence-corrected chi connectivity index (χ4v) is 5.01. The lowest BCUT2D eigenvalue weighted by atomic mass is 10.0. The van der Waals surface area contributed by atoms with Crippen LogP contribution >= 0.6 is 0 Å². The van der Waals surface area contributed by atoms with Gasteiger partial charge in [0.25, 0.3) is 0 Å². The first-order chi connectivity index (χ1) is 11.8. The van der Waals surface area contributed by atoms with Gasteiger partial charge in [0.2, 0.25) is 15.9 Å². The van der Waals surface area contributed by atoms with Crippen LogP contribution in [0, 0.1) is 23.6 Å². The van der Waals surface area contributed by atoms with E-state index in [-0.39, 0.29) is 11.8 Å². The van der Waals surface area contributed by atoms with E-state index in [1.54, 1.807) is 18.7 Å². The third-order valence-electron chi connectivity index (χ3n) is 5.04. The number of hydrogen-bond acceptors (Lipinski definition) is 4. The third kappa shape index (κ3) is 3.70. The maximum atomic E-state index is 13.9. The van der Waals surface area contributed by atoms with Gasteiger partial charge in [-0.1, -0.05) is 26.0 Å². The number of rotatable bonds is 5. The van der Waals surface area contributed by atoms with E-state index in [1.807, 2.05) is 0 Å². The van der Waals surface area contributed by atoms with Crippen molar-refractivity contribution in [2.75, 3.05) is 26.2 Å². The normalized spacial score (nSPS) is 24.6. The molecule has 2 aliphatic rings. The molecule has 1 amide bonds. The van der Waals surface area contributed by atoms with Crippen molar-refractivity contribution in [3.63, 3.8) is 0 Å². The van der Waals surface area contributed by atoms with Gasteiger partial charge in [-0.15, -0.1) is 0 Å². The van der Waals surface area contributed by atoms with Gasteiger partial charge in [-0.2, -0.15) is 4.72 Å². The van der Waals surface area contributed by atoms with Crippen molar-refractivity contribution in [3.05, 3.63) is 30.1 Å². The van der Waals surface area contributed by atoms with Crippen LogP contribution in [0.2, 0.25) is 0 Å². The smallest absolute Gasteiger partial charge is 0.244 e. The van der Waals surface area contributed by atoms with Gasteiger partial charge in [0, 0.05) is 26.2 Å². The monoisotopic (exact) mass is 369 g/mol. The zero-order valence-corrected chi connectivity index (χ0v) is 15.2. The zero-order valence-electron chi connectivity index (χ0n) is 14.4. The number of nitrogens with zero attached hydrogens (tertiary/aromatic N) is 1. The number of carbonyl (C=O) groups excluding carboxylic acids is 1. The Balaban J connectivity index is 1.77. The highest BCUT2D eigenvalue weighted by Gasteiger charge is 2.41. The Hall–Kier alpha value is -1.51. The summed E-state index contributed by atoms with van der Waals surface area (Å²) in [5.41, 5.74) is 0. The lowest BCUT2D eigenvalue weighted by molar-refractivity contribution is -0.133. The molecule has 2 heterocycles. The number of fused-ring (bicyclic) bond motifs is 1. The molecular weight excluding hydrogens is 345 g/mol. The van der Waals surface area contributed by atoms with E-state index >= 15 is 0 Å². The molecule has 1 unspecified atom stereocenters. The predicted octanol–water partition coefficient (Wildman–Crippen LogP) is 0.806. The van der Waals surface area contributed by atoms with Crippen LogP contribution in [0.25, 0.3) is 0 Å². The summed E-state index contributed by atoms with van der Waals surface area (Å²) in [5, 5.41) is 3.31. The molecule has 138 valence electrons. The van der Waals surface area contributed by atoms with E-state index in [9.17, 15) is 17.6 Å². The molecule has 0 aliphatic carbocycles. The third-order valence-corrected chi connectivity index (χ3v) is 6.52. The van der Waals surface area contributed by atoms with Crippen molar-refractivity contribution in [1.29, 1.82) is 0 Å². The van der Waals surface area contributed by atoms with Crippen LogP contribution in [0.5, 0.6) is 0 Å². The summed E-state index contributed by atoms with van der Waals surface area (Å²) in [6.07, 6.45) is 0. The summed E-state index contributed by atoms with van der Waals surface area (Å²) in [5.74, 6) is -0.441. The number of sulfonamides is 1. The Morgan fingerprint density at radius 3 is 2.40 bits per heavy atom. The first-order valence-electron chi connectivity index (χ1n) is 8.56. The molecule has 0 spiro atoms. The number of hydrogen-bond donors (Lipinski definition) is 2. The van der Waals surface area contributed by atoms with Crippen LogP contribution in [0.4, 0.5) is 4.39 Å². The molecular formula is C17H24FN3O3S. The maximum absolute atomic E-state index is 13.9. The summed E-state index contributed by atoms with van der Waals surface area (Å²) in [6, 6.07) is 4.27. The second kappa shape index (κ2) is 7.01. The SMILES string of the molecule is CC(C)C(NS(=O)(=O)c1ccccc1F)C(=O)N1C[C@H]2CNC[C@H]2C1. The molecule has 0 bridgehead atoms. The van der Waals surface area contributed by atoms with Crippen molar-refractivity contribution in [1.82, 2.24) is 14.9 Å². The molecule has 2 saturated heterocycles. The Morgan fingerprint density at radius 1 is 1.24 bits per heavy atom. The highest BCUT2D eigenvalue weighted by molar-refractivity contribution is 7.89. The van der Waals surface area contributed by atoms with Crippen molar-refractivity contribution < 1.29 is 17.6 Å². The first kappa shape index (κ1) is 18.3. The second-order valence-corrected chi connectivity index (χ2v) is 8.88. The van der Waals surface area contributed by atoms with Gasteiger partial charge < -0.3 is 10.2 Å². The second-order valence-electron chi connectivity index (χ2n) is 7.20. The van der Waals surface area contributed by atoms with Gasteiger partial charge >= 0.3 is 0 Å². The van der Waals surface area contributed by atoms with Gasteiger partial charge in [0.15, 0.2) is 0 Å².